The van der Waals surface area contributed by atoms with E-state index in [4.69, 9.17) is 5.73 Å². The van der Waals surface area contributed by atoms with E-state index in [9.17, 15) is 9.90 Å². The number of amides is 1. The molecule has 4 unspecified atom stereocenters. The molecule has 0 aromatic rings. The fraction of sp³-hybridized carbons (Fsp3) is 0.971. The van der Waals surface area contributed by atoms with Gasteiger partial charge in [0.15, 0.2) is 0 Å². The van der Waals surface area contributed by atoms with Gasteiger partial charge in [-0.15, -0.1) is 0 Å². The zero-order chi connectivity index (χ0) is 28.6. The van der Waals surface area contributed by atoms with Crippen LogP contribution in [-0.2, 0) is 4.79 Å². The van der Waals surface area contributed by atoms with Crippen LogP contribution in [0.15, 0.2) is 0 Å². The molecule has 9 atom stereocenters. The van der Waals surface area contributed by atoms with E-state index in [0.717, 1.165) is 101 Å². The minimum Gasteiger partial charge on any atom is -0.393 e. The highest BCUT2D eigenvalue weighted by molar-refractivity contribution is 5.75. The van der Waals surface area contributed by atoms with Crippen molar-refractivity contribution in [1.29, 1.82) is 0 Å². The number of fused-ring (bicyclic) bond motifs is 5. The molecule has 6 heteroatoms. The summed E-state index contributed by atoms with van der Waals surface area (Å²) in [6.45, 7) is 13.3. The summed E-state index contributed by atoms with van der Waals surface area (Å²) in [5.41, 5.74) is 6.43. The van der Waals surface area contributed by atoms with E-state index in [1.807, 2.05) is 0 Å². The zero-order valence-corrected chi connectivity index (χ0v) is 26.3. The topological polar surface area (TPSA) is 99.4 Å². The lowest BCUT2D eigenvalue weighted by atomic mass is 9.44. The van der Waals surface area contributed by atoms with E-state index in [2.05, 4.69) is 36.7 Å². The van der Waals surface area contributed by atoms with Gasteiger partial charge in [-0.05, 0) is 169 Å². The molecular weight excluding hydrogens is 496 g/mol. The predicted molar refractivity (Wildman–Crippen MR) is 166 cm³/mol. The van der Waals surface area contributed by atoms with Crippen LogP contribution in [-0.4, -0.2) is 56.4 Å². The molecule has 0 bridgehead atoms. The summed E-state index contributed by atoms with van der Waals surface area (Å²) >= 11 is 0. The third-order valence-corrected chi connectivity index (χ3v) is 12.6. The number of carbonyl (C=O) groups excluding carboxylic acids is 1. The van der Waals surface area contributed by atoms with Crippen molar-refractivity contribution in [1.82, 2.24) is 16.0 Å². The van der Waals surface area contributed by atoms with Crippen LogP contribution in [0.1, 0.15) is 117 Å². The average Bonchev–Trinajstić information content (AvgIpc) is 3.30. The molecule has 6 N–H and O–H groups in total. The number of rotatable bonds is 16. The molecule has 0 aromatic heterocycles. The number of unbranched alkanes of at least 4 members (excludes halogenated alkanes) is 1. The molecule has 4 aliphatic rings. The molecule has 0 spiro atoms. The molecule has 0 radical (unpaired) electrons. The van der Waals surface area contributed by atoms with Crippen molar-refractivity contribution >= 4 is 5.91 Å². The van der Waals surface area contributed by atoms with E-state index in [-0.39, 0.29) is 12.0 Å². The first kappa shape index (κ1) is 32.2. The molecule has 0 heterocycles. The summed E-state index contributed by atoms with van der Waals surface area (Å²) in [4.78, 5) is 12.6. The second kappa shape index (κ2) is 15.2. The number of hydrogen-bond acceptors (Lipinski definition) is 5. The van der Waals surface area contributed by atoms with Crippen LogP contribution in [0, 0.1) is 46.3 Å². The fourth-order valence-corrected chi connectivity index (χ4v) is 10.3. The monoisotopic (exact) mass is 561 g/mol. The first-order valence-corrected chi connectivity index (χ1v) is 17.4. The Hall–Kier alpha value is -0.690. The zero-order valence-electron chi connectivity index (χ0n) is 26.3. The minimum atomic E-state index is -0.0521. The summed E-state index contributed by atoms with van der Waals surface area (Å²) in [6, 6.07) is 0. The molecule has 4 fully saturated rings. The average molecular weight is 561 g/mol. The number of nitrogens with two attached hydrogens (primary N) is 1. The van der Waals surface area contributed by atoms with Gasteiger partial charge < -0.3 is 26.8 Å². The first-order chi connectivity index (χ1) is 19.3. The molecule has 4 saturated carbocycles. The Labute approximate surface area is 246 Å². The molecule has 232 valence electrons. The number of aliphatic hydroxyl groups is 1. The summed E-state index contributed by atoms with van der Waals surface area (Å²) in [7, 11) is 0. The van der Waals surface area contributed by atoms with Gasteiger partial charge in [-0.1, -0.05) is 20.8 Å². The van der Waals surface area contributed by atoms with Gasteiger partial charge in [-0.2, -0.15) is 0 Å². The Kier molecular flexibility index (Phi) is 12.2. The van der Waals surface area contributed by atoms with Crippen molar-refractivity contribution < 1.29 is 9.90 Å². The van der Waals surface area contributed by atoms with Crippen LogP contribution in [0.5, 0.6) is 0 Å². The van der Waals surface area contributed by atoms with Crippen LogP contribution in [0.3, 0.4) is 0 Å². The maximum Gasteiger partial charge on any atom is 0.220 e. The predicted octanol–water partition coefficient (Wildman–Crippen LogP) is 5.24. The van der Waals surface area contributed by atoms with E-state index < -0.39 is 0 Å². The third-order valence-electron chi connectivity index (χ3n) is 12.6. The Morgan fingerprint density at radius 3 is 2.27 bits per heavy atom. The normalized spacial score (nSPS) is 37.8. The molecule has 40 heavy (non-hydrogen) atoms. The van der Waals surface area contributed by atoms with Crippen LogP contribution in [0.2, 0.25) is 0 Å². The first-order valence-electron chi connectivity index (χ1n) is 17.4. The molecule has 0 aromatic carbocycles. The Bertz CT molecular complexity index is 779. The second-order valence-corrected chi connectivity index (χ2v) is 14.9. The SMILES string of the molecule is CC(CCC(=O)NCCCNCCCCNCCCN)[C@H]1CCC2C3CC[C@@H]4C[C@H](O)CC[C@]4(C)C3CC[C@@]21C. The maximum atomic E-state index is 12.6. The lowest BCUT2D eigenvalue weighted by molar-refractivity contribution is -0.129. The number of carbonyl (C=O) groups is 1. The quantitative estimate of drug-likeness (QED) is 0.166. The largest absolute Gasteiger partial charge is 0.393 e. The summed E-state index contributed by atoms with van der Waals surface area (Å²) in [6.07, 6.45) is 17.7. The third kappa shape index (κ3) is 7.63. The Morgan fingerprint density at radius 1 is 0.850 bits per heavy atom. The molecule has 0 saturated heterocycles. The van der Waals surface area contributed by atoms with Crippen molar-refractivity contribution in [2.24, 2.45) is 52.1 Å². The van der Waals surface area contributed by atoms with Crippen molar-refractivity contribution in [3.8, 4) is 0 Å². The van der Waals surface area contributed by atoms with Gasteiger partial charge in [0, 0.05) is 13.0 Å². The molecule has 4 aliphatic carbocycles. The highest BCUT2D eigenvalue weighted by Gasteiger charge is 2.60. The van der Waals surface area contributed by atoms with Gasteiger partial charge in [0.05, 0.1) is 6.10 Å². The number of nitrogens with one attached hydrogen (secondary N) is 3. The van der Waals surface area contributed by atoms with E-state index in [0.29, 0.717) is 23.2 Å². The molecule has 4 rings (SSSR count). The van der Waals surface area contributed by atoms with Crippen LogP contribution in [0.4, 0.5) is 0 Å². The number of aliphatic hydroxyl groups excluding tert-OH is 1. The Morgan fingerprint density at radius 2 is 1.52 bits per heavy atom. The van der Waals surface area contributed by atoms with Gasteiger partial charge in [-0.25, -0.2) is 0 Å². The standard InChI is InChI=1S/C34H64N4O2/c1-25(8-13-32(40)38-23-7-22-37-20-5-4-19-36-21-6-18-35)29-11-12-30-28-10-9-26-24-27(39)14-16-33(26,2)31(28)15-17-34(29,30)3/h25-31,36-37,39H,4-24,35H2,1-3H3,(H,38,40)/t25?,26-,27-,28?,29-,30?,31?,33+,34-/m1/s1. The maximum absolute atomic E-state index is 12.6. The molecular formula is C34H64N4O2. The van der Waals surface area contributed by atoms with Crippen molar-refractivity contribution in [2.45, 2.75) is 123 Å². The van der Waals surface area contributed by atoms with Gasteiger partial charge in [0.2, 0.25) is 5.91 Å². The van der Waals surface area contributed by atoms with Crippen LogP contribution in [0.25, 0.3) is 0 Å². The van der Waals surface area contributed by atoms with Crippen molar-refractivity contribution in [3.63, 3.8) is 0 Å². The van der Waals surface area contributed by atoms with Gasteiger partial charge >= 0.3 is 0 Å². The Balaban J connectivity index is 1.12. The minimum absolute atomic E-state index is 0.0521. The smallest absolute Gasteiger partial charge is 0.220 e. The van der Waals surface area contributed by atoms with Gasteiger partial charge in [0.25, 0.3) is 0 Å². The van der Waals surface area contributed by atoms with Crippen molar-refractivity contribution in [2.75, 3.05) is 39.3 Å². The molecule has 6 nitrogen and oxygen atoms in total. The lowest BCUT2D eigenvalue weighted by Gasteiger charge is -2.61. The highest BCUT2D eigenvalue weighted by Crippen LogP contribution is 2.68. The highest BCUT2D eigenvalue weighted by atomic mass is 16.3. The van der Waals surface area contributed by atoms with E-state index in [1.165, 1.54) is 57.8 Å². The number of hydrogen-bond donors (Lipinski definition) is 5. The summed E-state index contributed by atoms with van der Waals surface area (Å²) in [5, 5.41) is 20.4. The van der Waals surface area contributed by atoms with Crippen LogP contribution < -0.4 is 21.7 Å². The van der Waals surface area contributed by atoms with Crippen molar-refractivity contribution in [3.05, 3.63) is 0 Å². The van der Waals surface area contributed by atoms with Crippen LogP contribution >= 0.6 is 0 Å². The summed E-state index contributed by atoms with van der Waals surface area (Å²) in [5.74, 6) is 5.01. The fourth-order valence-electron chi connectivity index (χ4n) is 10.3. The molecule has 0 aliphatic heterocycles. The lowest BCUT2D eigenvalue weighted by Crippen LogP contribution is -2.54. The molecule has 1 amide bonds. The second-order valence-electron chi connectivity index (χ2n) is 14.9. The van der Waals surface area contributed by atoms with E-state index in [1.54, 1.807) is 0 Å². The van der Waals surface area contributed by atoms with E-state index >= 15 is 0 Å². The van der Waals surface area contributed by atoms with Gasteiger partial charge in [0.1, 0.15) is 0 Å². The van der Waals surface area contributed by atoms with Gasteiger partial charge in [-0.3, -0.25) is 4.79 Å². The summed E-state index contributed by atoms with van der Waals surface area (Å²) < 4.78 is 0.